The van der Waals surface area contributed by atoms with Gasteiger partial charge in [0.15, 0.2) is 0 Å². The van der Waals surface area contributed by atoms with Crippen molar-refractivity contribution in [1.82, 2.24) is 19.9 Å². The minimum absolute atomic E-state index is 0.219. The van der Waals surface area contributed by atoms with Crippen molar-refractivity contribution in [2.45, 2.75) is 95.7 Å². The second kappa shape index (κ2) is 9.55. The second-order valence-corrected chi connectivity index (χ2v) is 9.83. The van der Waals surface area contributed by atoms with E-state index in [4.69, 9.17) is 14.2 Å². The zero-order valence-corrected chi connectivity index (χ0v) is 18.6. The Labute approximate surface area is 184 Å². The third-order valence-electron chi connectivity index (χ3n) is 7.71. The number of ether oxygens (including phenoxy) is 3. The molecule has 1 amide bonds. The number of fused-ring (bicyclic) bond motifs is 1. The summed E-state index contributed by atoms with van der Waals surface area (Å²) in [6.45, 7) is 4.70. The van der Waals surface area contributed by atoms with Crippen molar-refractivity contribution in [3.05, 3.63) is 11.4 Å². The highest BCUT2D eigenvalue weighted by molar-refractivity contribution is 5.76. The molecule has 1 aliphatic carbocycles. The number of hydrogen-bond acceptors (Lipinski definition) is 6. The summed E-state index contributed by atoms with van der Waals surface area (Å²) >= 11 is 0. The van der Waals surface area contributed by atoms with Crippen LogP contribution in [0.1, 0.15) is 75.6 Å². The fraction of sp³-hybridized carbons (Fsp3) is 0.870. The average molecular weight is 433 g/mol. The Balaban J connectivity index is 1.09. The maximum atomic E-state index is 12.7. The summed E-state index contributed by atoms with van der Waals surface area (Å²) < 4.78 is 19.8. The number of carbonyl (C=O) groups excluding carboxylic acids is 1. The molecule has 3 aliphatic heterocycles. The van der Waals surface area contributed by atoms with Crippen LogP contribution in [0.25, 0.3) is 0 Å². The van der Waals surface area contributed by atoms with Crippen LogP contribution in [0.4, 0.5) is 0 Å². The van der Waals surface area contributed by atoms with Gasteiger partial charge in [-0.2, -0.15) is 0 Å². The Morgan fingerprint density at radius 1 is 1.16 bits per heavy atom. The Kier molecular flexibility index (Phi) is 6.57. The van der Waals surface area contributed by atoms with Crippen LogP contribution >= 0.6 is 0 Å². The lowest BCUT2D eigenvalue weighted by molar-refractivity contribution is -0.146. The number of nitrogens with zero attached hydrogens (tertiary/aromatic N) is 4. The molecule has 31 heavy (non-hydrogen) atoms. The van der Waals surface area contributed by atoms with Crippen LogP contribution in [-0.4, -0.2) is 63.8 Å². The Hall–Kier alpha value is -1.51. The number of rotatable bonds is 7. The first kappa shape index (κ1) is 21.3. The lowest BCUT2D eigenvalue weighted by Crippen LogP contribution is -2.52. The summed E-state index contributed by atoms with van der Waals surface area (Å²) in [5, 5.41) is 8.73. The molecule has 0 radical (unpaired) electrons. The van der Waals surface area contributed by atoms with E-state index in [0.29, 0.717) is 38.7 Å². The highest BCUT2D eigenvalue weighted by Gasteiger charge is 2.41. The number of hydrogen-bond donors (Lipinski definition) is 0. The Morgan fingerprint density at radius 3 is 2.77 bits per heavy atom. The lowest BCUT2D eigenvalue weighted by Gasteiger charge is -2.43. The van der Waals surface area contributed by atoms with Crippen molar-refractivity contribution in [1.29, 1.82) is 0 Å². The van der Waals surface area contributed by atoms with Crippen LogP contribution in [0.15, 0.2) is 0 Å². The van der Waals surface area contributed by atoms with Crippen molar-refractivity contribution in [2.24, 2.45) is 5.92 Å². The van der Waals surface area contributed by atoms with Gasteiger partial charge in [0, 0.05) is 26.1 Å². The van der Waals surface area contributed by atoms with E-state index < -0.39 is 0 Å². The third kappa shape index (κ3) is 4.96. The molecule has 0 aromatic carbocycles. The van der Waals surface area contributed by atoms with Crippen molar-refractivity contribution >= 4 is 5.91 Å². The smallest absolute Gasteiger partial charge is 0.222 e. The largest absolute Gasteiger partial charge is 0.376 e. The normalized spacial score (nSPS) is 25.9. The van der Waals surface area contributed by atoms with E-state index in [1.54, 1.807) is 0 Å². The molecule has 4 heterocycles. The monoisotopic (exact) mass is 432 g/mol. The molecular formula is C23H36N4O4. The molecule has 1 unspecified atom stereocenters. The number of aromatic nitrogens is 3. The summed E-state index contributed by atoms with van der Waals surface area (Å²) in [7, 11) is 0. The van der Waals surface area contributed by atoms with Gasteiger partial charge >= 0.3 is 0 Å². The van der Waals surface area contributed by atoms with Gasteiger partial charge in [-0.1, -0.05) is 30.9 Å². The van der Waals surface area contributed by atoms with Gasteiger partial charge in [-0.05, 0) is 38.0 Å². The van der Waals surface area contributed by atoms with Gasteiger partial charge in [0.25, 0.3) is 0 Å². The van der Waals surface area contributed by atoms with Gasteiger partial charge in [0.1, 0.15) is 5.69 Å². The van der Waals surface area contributed by atoms with E-state index in [1.165, 1.54) is 25.7 Å². The highest BCUT2D eigenvalue weighted by atomic mass is 16.5. The van der Waals surface area contributed by atoms with E-state index >= 15 is 0 Å². The zero-order valence-electron chi connectivity index (χ0n) is 18.6. The minimum atomic E-state index is -0.223. The van der Waals surface area contributed by atoms with Crippen LogP contribution in [0.3, 0.4) is 0 Å². The molecule has 8 heteroatoms. The van der Waals surface area contributed by atoms with E-state index in [9.17, 15) is 4.79 Å². The number of amides is 1. The molecule has 2 saturated heterocycles. The summed E-state index contributed by atoms with van der Waals surface area (Å²) in [6.07, 6.45) is 11.2. The standard InChI is InChI=1S/C23H36N4O4/c28-22(8-7-18-4-1-2-5-18)26-11-9-23(10-12-26)17-27-21(16-31-23)20(24-25-27)15-29-14-19-6-3-13-30-19/h18-19H,1-17H2. The average Bonchev–Trinajstić information content (AvgIpc) is 3.55. The molecule has 1 aromatic rings. The van der Waals surface area contributed by atoms with Crippen LogP contribution in [0, 0.1) is 5.92 Å². The first-order valence-corrected chi connectivity index (χ1v) is 12.2. The fourth-order valence-corrected chi connectivity index (χ4v) is 5.62. The molecule has 0 N–H and O–H groups in total. The van der Waals surface area contributed by atoms with Crippen LogP contribution < -0.4 is 0 Å². The van der Waals surface area contributed by atoms with Gasteiger partial charge < -0.3 is 19.1 Å². The van der Waals surface area contributed by atoms with Gasteiger partial charge in [0.05, 0.1) is 43.8 Å². The molecule has 4 aliphatic rings. The maximum absolute atomic E-state index is 12.7. The summed E-state index contributed by atoms with van der Waals surface area (Å²) in [6, 6.07) is 0. The van der Waals surface area contributed by atoms with E-state index in [-0.39, 0.29) is 11.7 Å². The predicted molar refractivity (Wildman–Crippen MR) is 113 cm³/mol. The Morgan fingerprint density at radius 2 is 2.00 bits per heavy atom. The van der Waals surface area contributed by atoms with Crippen LogP contribution in [-0.2, 0) is 38.8 Å². The SMILES string of the molecule is O=C(CCC1CCCC1)N1CCC2(CC1)Cn1nnc(COCC3CCCO3)c1CO2. The van der Waals surface area contributed by atoms with Gasteiger partial charge in [-0.25, -0.2) is 4.68 Å². The number of piperidine rings is 1. The molecule has 8 nitrogen and oxygen atoms in total. The fourth-order valence-electron chi connectivity index (χ4n) is 5.62. The van der Waals surface area contributed by atoms with Gasteiger partial charge in [-0.3, -0.25) is 4.79 Å². The first-order valence-electron chi connectivity index (χ1n) is 12.2. The second-order valence-electron chi connectivity index (χ2n) is 9.83. The molecule has 1 saturated carbocycles. The molecule has 5 rings (SSSR count). The first-order chi connectivity index (χ1) is 15.2. The number of carbonyl (C=O) groups is 1. The zero-order chi connectivity index (χ0) is 21.1. The Bertz CT molecular complexity index is 747. The molecule has 1 spiro atoms. The molecule has 0 bridgehead atoms. The molecule has 1 atom stereocenters. The topological polar surface area (TPSA) is 78.7 Å². The molecule has 1 aromatic heterocycles. The quantitative estimate of drug-likeness (QED) is 0.659. The minimum Gasteiger partial charge on any atom is -0.376 e. The van der Waals surface area contributed by atoms with Crippen LogP contribution in [0.5, 0.6) is 0 Å². The van der Waals surface area contributed by atoms with E-state index in [0.717, 1.165) is 69.1 Å². The summed E-state index contributed by atoms with van der Waals surface area (Å²) in [4.78, 5) is 14.7. The van der Waals surface area contributed by atoms with E-state index in [2.05, 4.69) is 10.3 Å². The highest BCUT2D eigenvalue weighted by Crippen LogP contribution is 2.34. The molecule has 3 fully saturated rings. The van der Waals surface area contributed by atoms with Crippen LogP contribution in [0.2, 0.25) is 0 Å². The third-order valence-corrected chi connectivity index (χ3v) is 7.71. The lowest BCUT2D eigenvalue weighted by atomic mass is 9.89. The summed E-state index contributed by atoms with van der Waals surface area (Å²) in [5.74, 6) is 1.10. The maximum Gasteiger partial charge on any atom is 0.222 e. The molecular weight excluding hydrogens is 396 g/mol. The van der Waals surface area contributed by atoms with Crippen molar-refractivity contribution in [3.63, 3.8) is 0 Å². The predicted octanol–water partition coefficient (Wildman–Crippen LogP) is 2.84. The van der Waals surface area contributed by atoms with Crippen molar-refractivity contribution in [2.75, 3.05) is 26.3 Å². The van der Waals surface area contributed by atoms with Crippen molar-refractivity contribution < 1.29 is 19.0 Å². The number of likely N-dealkylation sites (tertiary alicyclic amines) is 1. The van der Waals surface area contributed by atoms with Crippen molar-refractivity contribution in [3.8, 4) is 0 Å². The van der Waals surface area contributed by atoms with Gasteiger partial charge in [-0.15, -0.1) is 5.10 Å². The summed E-state index contributed by atoms with van der Waals surface area (Å²) in [5.41, 5.74) is 1.67. The van der Waals surface area contributed by atoms with E-state index in [1.807, 2.05) is 9.58 Å². The molecule has 172 valence electrons. The van der Waals surface area contributed by atoms with Gasteiger partial charge in [0.2, 0.25) is 5.91 Å².